The number of ether oxygens (including phenoxy) is 1. The van der Waals surface area contributed by atoms with Gasteiger partial charge in [-0.1, -0.05) is 29.8 Å². The SMILES string of the molecule is Cc1csc(NN=Cc2cccc(OCc3ccc(Cl)c(F)c3)c2)n1. The minimum atomic E-state index is -0.452. The van der Waals surface area contributed by atoms with Crippen LogP contribution in [0.25, 0.3) is 0 Å². The van der Waals surface area contributed by atoms with Gasteiger partial charge in [0.25, 0.3) is 0 Å². The monoisotopic (exact) mass is 375 g/mol. The zero-order valence-corrected chi connectivity index (χ0v) is 14.9. The van der Waals surface area contributed by atoms with Crippen molar-refractivity contribution in [2.75, 3.05) is 5.43 Å². The summed E-state index contributed by atoms with van der Waals surface area (Å²) < 4.78 is 19.1. The van der Waals surface area contributed by atoms with E-state index in [4.69, 9.17) is 16.3 Å². The van der Waals surface area contributed by atoms with E-state index in [1.165, 1.54) is 23.5 Å². The van der Waals surface area contributed by atoms with E-state index in [-0.39, 0.29) is 11.6 Å². The highest BCUT2D eigenvalue weighted by molar-refractivity contribution is 7.13. The summed E-state index contributed by atoms with van der Waals surface area (Å²) in [5.74, 6) is 0.219. The van der Waals surface area contributed by atoms with Gasteiger partial charge < -0.3 is 4.74 Å². The Labute approximate surface area is 153 Å². The lowest BCUT2D eigenvalue weighted by atomic mass is 10.2. The normalized spacial score (nSPS) is 11.0. The Bertz CT molecular complexity index is 898. The topological polar surface area (TPSA) is 46.5 Å². The Morgan fingerprint density at radius 3 is 2.96 bits per heavy atom. The number of benzene rings is 2. The van der Waals surface area contributed by atoms with Crippen molar-refractivity contribution in [1.29, 1.82) is 0 Å². The highest BCUT2D eigenvalue weighted by Gasteiger charge is 2.02. The van der Waals surface area contributed by atoms with Crippen LogP contribution in [0.2, 0.25) is 5.02 Å². The van der Waals surface area contributed by atoms with Crippen LogP contribution in [0, 0.1) is 12.7 Å². The fourth-order valence-electron chi connectivity index (χ4n) is 2.05. The van der Waals surface area contributed by atoms with Gasteiger partial charge in [-0.05, 0) is 42.3 Å². The highest BCUT2D eigenvalue weighted by Crippen LogP contribution is 2.19. The minimum Gasteiger partial charge on any atom is -0.489 e. The summed E-state index contributed by atoms with van der Waals surface area (Å²) in [4.78, 5) is 4.26. The number of thiazole rings is 1. The third kappa shape index (κ3) is 5.01. The van der Waals surface area contributed by atoms with E-state index in [0.29, 0.717) is 11.3 Å². The number of aryl methyl sites for hydroxylation is 1. The second-order valence-electron chi connectivity index (χ2n) is 5.27. The van der Waals surface area contributed by atoms with E-state index in [1.54, 1.807) is 12.3 Å². The van der Waals surface area contributed by atoms with Crippen molar-refractivity contribution >= 4 is 34.3 Å². The molecule has 3 rings (SSSR count). The Balaban J connectivity index is 1.59. The van der Waals surface area contributed by atoms with E-state index < -0.39 is 5.82 Å². The van der Waals surface area contributed by atoms with Crippen molar-refractivity contribution in [1.82, 2.24) is 4.98 Å². The van der Waals surface area contributed by atoms with Crippen LogP contribution in [-0.4, -0.2) is 11.2 Å². The summed E-state index contributed by atoms with van der Waals surface area (Å²) in [6.07, 6.45) is 1.69. The molecule has 1 N–H and O–H groups in total. The molecule has 4 nitrogen and oxygen atoms in total. The molecule has 1 aromatic heterocycles. The quantitative estimate of drug-likeness (QED) is 0.471. The van der Waals surface area contributed by atoms with Crippen LogP contribution >= 0.6 is 22.9 Å². The van der Waals surface area contributed by atoms with Gasteiger partial charge in [0.15, 0.2) is 0 Å². The van der Waals surface area contributed by atoms with Gasteiger partial charge in [-0.25, -0.2) is 9.37 Å². The number of nitrogens with zero attached hydrogens (tertiary/aromatic N) is 2. The summed E-state index contributed by atoms with van der Waals surface area (Å²) >= 11 is 7.17. The van der Waals surface area contributed by atoms with Gasteiger partial charge in [0.2, 0.25) is 5.13 Å². The Morgan fingerprint density at radius 2 is 2.20 bits per heavy atom. The summed E-state index contributed by atoms with van der Waals surface area (Å²) in [6, 6.07) is 12.1. The summed E-state index contributed by atoms with van der Waals surface area (Å²) in [7, 11) is 0. The molecule has 0 aliphatic rings. The first-order valence-corrected chi connectivity index (χ1v) is 8.74. The molecule has 0 unspecified atom stereocenters. The number of hydrogen-bond donors (Lipinski definition) is 1. The molecule has 0 spiro atoms. The van der Waals surface area contributed by atoms with Crippen molar-refractivity contribution in [3.63, 3.8) is 0 Å². The molecule has 0 amide bonds. The molecule has 0 bridgehead atoms. The number of hydrazone groups is 1. The van der Waals surface area contributed by atoms with Crippen LogP contribution in [0.4, 0.5) is 9.52 Å². The first-order valence-electron chi connectivity index (χ1n) is 7.48. The third-order valence-corrected chi connectivity index (χ3v) is 4.41. The van der Waals surface area contributed by atoms with E-state index in [9.17, 15) is 4.39 Å². The molecule has 2 aromatic carbocycles. The van der Waals surface area contributed by atoms with Gasteiger partial charge in [-0.15, -0.1) is 11.3 Å². The van der Waals surface area contributed by atoms with Crippen LogP contribution in [-0.2, 0) is 6.61 Å². The van der Waals surface area contributed by atoms with Crippen LogP contribution in [0.5, 0.6) is 5.75 Å². The van der Waals surface area contributed by atoms with E-state index in [2.05, 4.69) is 15.5 Å². The van der Waals surface area contributed by atoms with E-state index in [0.717, 1.165) is 16.4 Å². The van der Waals surface area contributed by atoms with Gasteiger partial charge >= 0.3 is 0 Å². The van der Waals surface area contributed by atoms with Crippen molar-refractivity contribution in [2.45, 2.75) is 13.5 Å². The molecule has 0 saturated heterocycles. The number of rotatable bonds is 6. The predicted octanol–water partition coefficient (Wildman–Crippen LogP) is 5.27. The average molecular weight is 376 g/mol. The molecule has 128 valence electrons. The van der Waals surface area contributed by atoms with Crippen LogP contribution in [0.1, 0.15) is 16.8 Å². The lowest BCUT2D eigenvalue weighted by molar-refractivity contribution is 0.305. The first kappa shape index (κ1) is 17.4. The fraction of sp³-hybridized carbons (Fsp3) is 0.111. The Hall–Kier alpha value is -2.44. The molecule has 25 heavy (non-hydrogen) atoms. The maximum Gasteiger partial charge on any atom is 0.203 e. The van der Waals surface area contributed by atoms with Crippen LogP contribution < -0.4 is 10.2 Å². The van der Waals surface area contributed by atoms with E-state index in [1.807, 2.05) is 36.6 Å². The average Bonchev–Trinajstić information content (AvgIpc) is 3.02. The molecule has 0 saturated carbocycles. The highest BCUT2D eigenvalue weighted by atomic mass is 35.5. The minimum absolute atomic E-state index is 0.102. The summed E-state index contributed by atoms with van der Waals surface area (Å²) in [6.45, 7) is 2.18. The maximum atomic E-state index is 13.4. The summed E-state index contributed by atoms with van der Waals surface area (Å²) in [5.41, 5.74) is 5.43. The lowest BCUT2D eigenvalue weighted by Gasteiger charge is -2.07. The first-order chi connectivity index (χ1) is 12.1. The van der Waals surface area contributed by atoms with Gasteiger partial charge in [-0.2, -0.15) is 5.10 Å². The molecule has 3 aromatic rings. The molecule has 0 atom stereocenters. The zero-order valence-electron chi connectivity index (χ0n) is 13.4. The van der Waals surface area contributed by atoms with Crippen molar-refractivity contribution in [3.8, 4) is 5.75 Å². The molecule has 1 heterocycles. The smallest absolute Gasteiger partial charge is 0.203 e. The number of aromatic nitrogens is 1. The second-order valence-corrected chi connectivity index (χ2v) is 6.54. The van der Waals surface area contributed by atoms with Crippen LogP contribution in [0.15, 0.2) is 52.9 Å². The number of halogens is 2. The standard InChI is InChI=1S/C18H15ClFN3OS/c1-12-11-25-18(22-12)23-21-9-13-3-2-4-15(7-13)24-10-14-5-6-16(19)17(20)8-14/h2-9,11H,10H2,1H3,(H,22,23). The van der Waals surface area contributed by atoms with Crippen molar-refractivity contribution in [3.05, 3.63) is 75.5 Å². The van der Waals surface area contributed by atoms with Gasteiger partial charge in [0.05, 0.1) is 16.9 Å². The Morgan fingerprint density at radius 1 is 1.32 bits per heavy atom. The van der Waals surface area contributed by atoms with Crippen molar-refractivity contribution in [2.24, 2.45) is 5.10 Å². The number of anilines is 1. The summed E-state index contributed by atoms with van der Waals surface area (Å²) in [5, 5.41) is 6.95. The molecular formula is C18H15ClFN3OS. The zero-order chi connectivity index (χ0) is 17.6. The largest absolute Gasteiger partial charge is 0.489 e. The maximum absolute atomic E-state index is 13.4. The predicted molar refractivity (Wildman–Crippen MR) is 100 cm³/mol. The number of hydrogen-bond acceptors (Lipinski definition) is 5. The third-order valence-electron chi connectivity index (χ3n) is 3.24. The van der Waals surface area contributed by atoms with Gasteiger partial charge in [0.1, 0.15) is 18.2 Å². The molecule has 0 aliphatic heterocycles. The molecular weight excluding hydrogens is 361 g/mol. The van der Waals surface area contributed by atoms with Crippen molar-refractivity contribution < 1.29 is 9.13 Å². The molecule has 0 fully saturated rings. The second kappa shape index (κ2) is 8.09. The van der Waals surface area contributed by atoms with Gasteiger partial charge in [0, 0.05) is 5.38 Å². The lowest BCUT2D eigenvalue weighted by Crippen LogP contribution is -1.97. The van der Waals surface area contributed by atoms with E-state index >= 15 is 0 Å². The molecule has 0 aliphatic carbocycles. The fourth-order valence-corrected chi connectivity index (χ4v) is 2.80. The van der Waals surface area contributed by atoms with Crippen LogP contribution in [0.3, 0.4) is 0 Å². The molecule has 0 radical (unpaired) electrons. The Kier molecular flexibility index (Phi) is 5.63. The molecule has 7 heteroatoms. The van der Waals surface area contributed by atoms with Gasteiger partial charge in [-0.3, -0.25) is 5.43 Å². The number of nitrogens with one attached hydrogen (secondary N) is 1.